The summed E-state index contributed by atoms with van der Waals surface area (Å²) in [6.45, 7) is 2.31. The molecule has 0 radical (unpaired) electrons. The Kier molecular flexibility index (Phi) is 4.00. The zero-order chi connectivity index (χ0) is 11.5. The Morgan fingerprint density at radius 1 is 1.50 bits per heavy atom. The highest BCUT2D eigenvalue weighted by Gasteiger charge is 2.32. The molecular formula is C13H19BrN2. The number of halogens is 1. The molecule has 3 heteroatoms. The molecular weight excluding hydrogens is 264 g/mol. The van der Waals surface area contributed by atoms with Crippen molar-refractivity contribution in [2.24, 2.45) is 17.7 Å². The van der Waals surface area contributed by atoms with Crippen molar-refractivity contribution in [3.8, 4) is 0 Å². The van der Waals surface area contributed by atoms with Gasteiger partial charge in [0.15, 0.2) is 0 Å². The van der Waals surface area contributed by atoms with Gasteiger partial charge in [0.05, 0.1) is 0 Å². The lowest BCUT2D eigenvalue weighted by atomic mass is 9.92. The molecule has 2 atom stereocenters. The van der Waals surface area contributed by atoms with Crippen molar-refractivity contribution in [2.45, 2.75) is 32.2 Å². The number of nitrogens with one attached hydrogen (secondary N) is 1. The van der Waals surface area contributed by atoms with Crippen LogP contribution in [0.2, 0.25) is 0 Å². The maximum atomic E-state index is 5.66. The highest BCUT2D eigenvalue weighted by molar-refractivity contribution is 9.10. The van der Waals surface area contributed by atoms with Crippen LogP contribution in [0.1, 0.15) is 25.3 Å². The van der Waals surface area contributed by atoms with Crippen LogP contribution in [0, 0.1) is 11.8 Å². The van der Waals surface area contributed by atoms with E-state index in [0.717, 1.165) is 16.8 Å². The van der Waals surface area contributed by atoms with E-state index in [-0.39, 0.29) is 0 Å². The van der Waals surface area contributed by atoms with Crippen LogP contribution in [-0.4, -0.2) is 6.04 Å². The smallest absolute Gasteiger partial charge is 0.0279 e. The maximum Gasteiger partial charge on any atom is 0.0279 e. The van der Waals surface area contributed by atoms with Crippen molar-refractivity contribution in [2.75, 3.05) is 0 Å². The number of hydrogen-bond acceptors (Lipinski definition) is 2. The minimum absolute atomic E-state index is 0.391. The van der Waals surface area contributed by atoms with Gasteiger partial charge in [-0.2, -0.15) is 0 Å². The van der Waals surface area contributed by atoms with Crippen molar-refractivity contribution >= 4 is 15.9 Å². The largest absolute Gasteiger partial charge is 0.271 e. The van der Waals surface area contributed by atoms with E-state index in [0.29, 0.717) is 12.0 Å². The first-order valence-corrected chi connectivity index (χ1v) is 6.70. The van der Waals surface area contributed by atoms with Crippen molar-refractivity contribution in [1.82, 2.24) is 5.43 Å². The summed E-state index contributed by atoms with van der Waals surface area (Å²) >= 11 is 3.50. The van der Waals surface area contributed by atoms with Gasteiger partial charge in [0.25, 0.3) is 0 Å². The summed E-state index contributed by atoms with van der Waals surface area (Å²) < 4.78 is 1.14. The fraction of sp³-hybridized carbons (Fsp3) is 0.538. The van der Waals surface area contributed by atoms with Crippen LogP contribution < -0.4 is 11.3 Å². The molecule has 2 nitrogen and oxygen atoms in total. The van der Waals surface area contributed by atoms with Gasteiger partial charge in [-0.3, -0.25) is 11.3 Å². The van der Waals surface area contributed by atoms with E-state index in [1.54, 1.807) is 0 Å². The second-order valence-electron chi connectivity index (χ2n) is 4.80. The molecule has 1 saturated carbocycles. The van der Waals surface area contributed by atoms with Crippen LogP contribution in [0.5, 0.6) is 0 Å². The highest BCUT2D eigenvalue weighted by atomic mass is 79.9. The molecule has 1 aliphatic carbocycles. The average molecular weight is 283 g/mol. The number of nitrogens with two attached hydrogens (primary N) is 1. The van der Waals surface area contributed by atoms with Crippen LogP contribution in [0.3, 0.4) is 0 Å². The van der Waals surface area contributed by atoms with Gasteiger partial charge in [0.1, 0.15) is 0 Å². The topological polar surface area (TPSA) is 38.0 Å². The quantitative estimate of drug-likeness (QED) is 0.644. The number of hydrogen-bond donors (Lipinski definition) is 2. The van der Waals surface area contributed by atoms with E-state index in [2.05, 4.69) is 52.5 Å². The molecule has 88 valence electrons. The Hall–Kier alpha value is -0.380. The molecule has 1 aromatic carbocycles. The maximum absolute atomic E-state index is 5.66. The summed E-state index contributed by atoms with van der Waals surface area (Å²) in [5.74, 6) is 7.22. The van der Waals surface area contributed by atoms with E-state index < -0.39 is 0 Å². The zero-order valence-corrected chi connectivity index (χ0v) is 11.2. The van der Waals surface area contributed by atoms with Gasteiger partial charge >= 0.3 is 0 Å². The van der Waals surface area contributed by atoms with Crippen molar-refractivity contribution in [3.63, 3.8) is 0 Å². The van der Waals surface area contributed by atoms with Crippen molar-refractivity contribution < 1.29 is 0 Å². The molecule has 2 unspecified atom stereocenters. The van der Waals surface area contributed by atoms with Crippen molar-refractivity contribution in [3.05, 3.63) is 34.3 Å². The monoisotopic (exact) mass is 282 g/mol. The summed E-state index contributed by atoms with van der Waals surface area (Å²) in [4.78, 5) is 0. The number of benzene rings is 1. The van der Waals surface area contributed by atoms with Crippen LogP contribution in [-0.2, 0) is 6.42 Å². The Balaban J connectivity index is 2.00. The second-order valence-corrected chi connectivity index (χ2v) is 5.72. The van der Waals surface area contributed by atoms with Gasteiger partial charge in [0.2, 0.25) is 0 Å². The molecule has 2 rings (SSSR count). The molecule has 0 saturated heterocycles. The Morgan fingerprint density at radius 2 is 2.25 bits per heavy atom. The van der Waals surface area contributed by atoms with E-state index in [1.165, 1.54) is 18.4 Å². The van der Waals surface area contributed by atoms with Crippen LogP contribution in [0.15, 0.2) is 28.7 Å². The van der Waals surface area contributed by atoms with E-state index in [4.69, 9.17) is 5.84 Å². The summed E-state index contributed by atoms with van der Waals surface area (Å²) in [6, 6.07) is 8.86. The first-order chi connectivity index (χ1) is 7.70. The van der Waals surface area contributed by atoms with Gasteiger partial charge in [-0.1, -0.05) is 35.0 Å². The third kappa shape index (κ3) is 3.06. The standard InChI is InChI=1S/C13H19BrN2/c1-9(11-5-6-11)13(16-15)8-10-3-2-4-12(14)7-10/h2-4,7,9,11,13,16H,5-6,8,15H2,1H3. The lowest BCUT2D eigenvalue weighted by Crippen LogP contribution is -2.42. The lowest BCUT2D eigenvalue weighted by Gasteiger charge is -2.23. The van der Waals surface area contributed by atoms with Crippen LogP contribution >= 0.6 is 15.9 Å². The summed E-state index contributed by atoms with van der Waals surface area (Å²) in [6.07, 6.45) is 3.75. The molecule has 0 bridgehead atoms. The molecule has 3 N–H and O–H groups in total. The molecule has 0 aliphatic heterocycles. The summed E-state index contributed by atoms with van der Waals surface area (Å²) in [5, 5.41) is 0. The molecule has 0 amide bonds. The fourth-order valence-corrected chi connectivity index (χ4v) is 2.71. The molecule has 0 aromatic heterocycles. The third-order valence-electron chi connectivity index (χ3n) is 3.56. The third-order valence-corrected chi connectivity index (χ3v) is 4.05. The first-order valence-electron chi connectivity index (χ1n) is 5.91. The van der Waals surface area contributed by atoms with E-state index in [9.17, 15) is 0 Å². The van der Waals surface area contributed by atoms with E-state index in [1.807, 2.05) is 0 Å². The number of hydrazine groups is 1. The minimum atomic E-state index is 0.391. The molecule has 0 heterocycles. The highest BCUT2D eigenvalue weighted by Crippen LogP contribution is 2.38. The lowest BCUT2D eigenvalue weighted by molar-refractivity contribution is 0.343. The molecule has 1 aromatic rings. The van der Waals surface area contributed by atoms with Crippen molar-refractivity contribution in [1.29, 1.82) is 0 Å². The van der Waals surface area contributed by atoms with E-state index >= 15 is 0 Å². The first kappa shape index (κ1) is 12.1. The fourth-order valence-electron chi connectivity index (χ4n) is 2.27. The Morgan fingerprint density at radius 3 is 2.81 bits per heavy atom. The van der Waals surface area contributed by atoms with Crippen LogP contribution in [0.25, 0.3) is 0 Å². The SMILES string of the molecule is CC(C1CC1)C(Cc1cccc(Br)c1)NN. The summed E-state index contributed by atoms with van der Waals surface area (Å²) in [7, 11) is 0. The number of rotatable bonds is 5. The molecule has 16 heavy (non-hydrogen) atoms. The summed E-state index contributed by atoms with van der Waals surface area (Å²) in [5.41, 5.74) is 4.31. The van der Waals surface area contributed by atoms with Gasteiger partial charge < -0.3 is 0 Å². The molecule has 1 fully saturated rings. The Labute approximate surface area is 106 Å². The molecule has 0 spiro atoms. The molecule has 1 aliphatic rings. The predicted molar refractivity (Wildman–Crippen MR) is 70.8 cm³/mol. The average Bonchev–Trinajstić information content (AvgIpc) is 3.09. The Bertz CT molecular complexity index is 350. The minimum Gasteiger partial charge on any atom is -0.271 e. The van der Waals surface area contributed by atoms with Gasteiger partial charge in [-0.15, -0.1) is 0 Å². The second kappa shape index (κ2) is 5.30. The normalized spacial score (nSPS) is 19.4. The van der Waals surface area contributed by atoms with Gasteiger partial charge in [0, 0.05) is 10.5 Å². The van der Waals surface area contributed by atoms with Gasteiger partial charge in [-0.05, 0) is 48.8 Å². The van der Waals surface area contributed by atoms with Crippen LogP contribution in [0.4, 0.5) is 0 Å². The zero-order valence-electron chi connectivity index (χ0n) is 9.62. The predicted octanol–water partition coefficient (Wildman–Crippen LogP) is 2.87. The van der Waals surface area contributed by atoms with Gasteiger partial charge in [-0.25, -0.2) is 0 Å².